The zero-order chi connectivity index (χ0) is 16.8. The number of nitrogens with one attached hydrogen (secondary N) is 1. The molecule has 1 saturated heterocycles. The zero-order valence-electron chi connectivity index (χ0n) is 14.0. The summed E-state index contributed by atoms with van der Waals surface area (Å²) in [5.41, 5.74) is 7.77. The average molecular weight is 350 g/mol. The van der Waals surface area contributed by atoms with Gasteiger partial charge in [0.2, 0.25) is 0 Å². The number of allylic oxidation sites excluding steroid dienone is 2. The molecule has 3 heterocycles. The van der Waals surface area contributed by atoms with Gasteiger partial charge in [0.15, 0.2) is 0 Å². The molecule has 0 amide bonds. The number of nitrogens with zero attached hydrogens (tertiary/aromatic N) is 2. The molecule has 0 radical (unpaired) electrons. The van der Waals surface area contributed by atoms with Crippen molar-refractivity contribution in [2.24, 2.45) is 4.99 Å². The molecule has 3 nitrogen and oxygen atoms in total. The second-order valence-corrected chi connectivity index (χ2v) is 7.61. The van der Waals surface area contributed by atoms with Gasteiger partial charge in [0.1, 0.15) is 0 Å². The molecule has 1 aromatic heterocycles. The Morgan fingerprint density at radius 2 is 2.08 bits per heavy atom. The largest absolute Gasteiger partial charge is 0.307 e. The van der Waals surface area contributed by atoms with Crippen molar-refractivity contribution in [3.8, 4) is 0 Å². The van der Waals surface area contributed by atoms with Gasteiger partial charge >= 0.3 is 0 Å². The average Bonchev–Trinajstić information content (AvgIpc) is 3.40. The molecule has 1 fully saturated rings. The lowest BCUT2D eigenvalue weighted by atomic mass is 9.82. The van der Waals surface area contributed by atoms with E-state index in [1.807, 2.05) is 24.4 Å². The third-order valence-corrected chi connectivity index (χ3v) is 5.73. The molecule has 25 heavy (non-hydrogen) atoms. The van der Waals surface area contributed by atoms with Crippen LogP contribution < -0.4 is 5.32 Å². The van der Waals surface area contributed by atoms with Gasteiger partial charge in [-0.05, 0) is 54.2 Å². The third-order valence-electron chi connectivity index (χ3n) is 5.49. The van der Waals surface area contributed by atoms with Crippen LogP contribution in [0.4, 0.5) is 0 Å². The lowest BCUT2D eigenvalue weighted by Gasteiger charge is -2.24. The Hall–Kier alpha value is -1.97. The number of rotatable bonds is 3. The first kappa shape index (κ1) is 15.3. The molecule has 2 unspecified atom stereocenters. The molecule has 0 spiro atoms. The molecule has 126 valence electrons. The summed E-state index contributed by atoms with van der Waals surface area (Å²) in [7, 11) is 0. The van der Waals surface area contributed by atoms with Gasteiger partial charge < -0.3 is 5.32 Å². The zero-order valence-corrected chi connectivity index (χ0v) is 14.8. The summed E-state index contributed by atoms with van der Waals surface area (Å²) in [6, 6.07) is 12.8. The molecule has 3 aliphatic rings. The van der Waals surface area contributed by atoms with E-state index in [0.29, 0.717) is 12.0 Å². The number of aliphatic imine (C=N–C) groups is 1. The minimum atomic E-state index is 0.486. The Kier molecular flexibility index (Phi) is 3.72. The molecule has 2 atom stereocenters. The van der Waals surface area contributed by atoms with Crippen LogP contribution in [0.5, 0.6) is 0 Å². The lowest BCUT2D eigenvalue weighted by Crippen LogP contribution is -2.11. The molecule has 4 heteroatoms. The van der Waals surface area contributed by atoms with Crippen molar-refractivity contribution in [2.45, 2.75) is 37.6 Å². The predicted octanol–water partition coefficient (Wildman–Crippen LogP) is 4.79. The van der Waals surface area contributed by atoms with E-state index in [0.717, 1.165) is 36.4 Å². The summed E-state index contributed by atoms with van der Waals surface area (Å²) < 4.78 is 0. The van der Waals surface area contributed by atoms with Crippen molar-refractivity contribution in [3.05, 3.63) is 75.7 Å². The fourth-order valence-electron chi connectivity index (χ4n) is 4.10. The fraction of sp³-hybridized carbons (Fsp3) is 0.333. The van der Waals surface area contributed by atoms with E-state index >= 15 is 0 Å². The Balaban J connectivity index is 1.41. The van der Waals surface area contributed by atoms with Crippen LogP contribution in [-0.2, 0) is 0 Å². The molecule has 2 aromatic rings. The number of halogens is 1. The van der Waals surface area contributed by atoms with Gasteiger partial charge in [-0.15, -0.1) is 0 Å². The van der Waals surface area contributed by atoms with E-state index in [-0.39, 0.29) is 0 Å². The van der Waals surface area contributed by atoms with E-state index in [2.05, 4.69) is 23.5 Å². The van der Waals surface area contributed by atoms with Crippen LogP contribution in [0.3, 0.4) is 0 Å². The van der Waals surface area contributed by atoms with E-state index in [1.165, 1.54) is 34.7 Å². The van der Waals surface area contributed by atoms with Crippen molar-refractivity contribution in [3.63, 3.8) is 0 Å². The van der Waals surface area contributed by atoms with Gasteiger partial charge in [-0.25, -0.2) is 0 Å². The maximum atomic E-state index is 6.15. The standard InChI is InChI=1S/C21H20ClN3/c22-16-4-1-3-13(9-16)18-10-14-6-7-15(11-19(14)25-18)21-17(20-12-24-20)5-2-8-23-21/h1-5,8-9,15,20,24H,6-7,10-12H2. The molecule has 2 aliphatic heterocycles. The number of benzene rings is 1. The quantitative estimate of drug-likeness (QED) is 0.809. The van der Waals surface area contributed by atoms with Gasteiger partial charge in [0.05, 0.1) is 5.71 Å². The number of hydrogen-bond donors (Lipinski definition) is 1. The van der Waals surface area contributed by atoms with Gasteiger partial charge in [-0.2, -0.15) is 0 Å². The van der Waals surface area contributed by atoms with Gasteiger partial charge in [0.25, 0.3) is 0 Å². The summed E-state index contributed by atoms with van der Waals surface area (Å²) in [4.78, 5) is 9.72. The van der Waals surface area contributed by atoms with Crippen LogP contribution in [-0.4, -0.2) is 17.2 Å². The highest BCUT2D eigenvalue weighted by molar-refractivity contribution is 6.31. The van der Waals surface area contributed by atoms with Crippen molar-refractivity contribution in [1.29, 1.82) is 0 Å². The summed E-state index contributed by atoms with van der Waals surface area (Å²) in [6.45, 7) is 1.08. The van der Waals surface area contributed by atoms with E-state index in [9.17, 15) is 0 Å². The molecular weight excluding hydrogens is 330 g/mol. The molecule has 0 bridgehead atoms. The topological polar surface area (TPSA) is 47.2 Å². The Bertz CT molecular complexity index is 896. The van der Waals surface area contributed by atoms with Crippen molar-refractivity contribution in [2.75, 3.05) is 6.54 Å². The van der Waals surface area contributed by atoms with E-state index < -0.39 is 0 Å². The molecule has 1 aromatic carbocycles. The van der Waals surface area contributed by atoms with E-state index in [1.54, 1.807) is 0 Å². The maximum Gasteiger partial charge on any atom is 0.0520 e. The lowest BCUT2D eigenvalue weighted by molar-refractivity contribution is 0.557. The highest BCUT2D eigenvalue weighted by Gasteiger charge is 2.32. The molecule has 1 aliphatic carbocycles. The number of aromatic nitrogens is 1. The normalized spacial score (nSPS) is 24.9. The highest BCUT2D eigenvalue weighted by atomic mass is 35.5. The number of pyridine rings is 1. The summed E-state index contributed by atoms with van der Waals surface area (Å²) in [6.07, 6.45) is 6.22. The van der Waals surface area contributed by atoms with Crippen molar-refractivity contribution in [1.82, 2.24) is 10.3 Å². The second-order valence-electron chi connectivity index (χ2n) is 7.17. The predicted molar refractivity (Wildman–Crippen MR) is 101 cm³/mol. The molecular formula is C21H20ClN3. The van der Waals surface area contributed by atoms with Crippen molar-refractivity contribution >= 4 is 17.3 Å². The Labute approximate surface area is 152 Å². The smallest absolute Gasteiger partial charge is 0.0520 e. The SMILES string of the molecule is Clc1cccc(C2=NC3=C(CCC(c4ncccc4C4CN4)C3)C2)c1. The first-order chi connectivity index (χ1) is 12.3. The summed E-state index contributed by atoms with van der Waals surface area (Å²) in [5, 5.41) is 4.19. The van der Waals surface area contributed by atoms with Gasteiger partial charge in [-0.3, -0.25) is 9.98 Å². The fourth-order valence-corrected chi connectivity index (χ4v) is 4.30. The number of hydrogen-bond acceptors (Lipinski definition) is 3. The molecule has 1 N–H and O–H groups in total. The summed E-state index contributed by atoms with van der Waals surface area (Å²) >= 11 is 6.15. The van der Waals surface area contributed by atoms with Crippen LogP contribution in [0.25, 0.3) is 0 Å². The third kappa shape index (κ3) is 2.92. The van der Waals surface area contributed by atoms with Gasteiger partial charge in [0, 0.05) is 47.5 Å². The Morgan fingerprint density at radius 1 is 1.16 bits per heavy atom. The maximum absolute atomic E-state index is 6.15. The van der Waals surface area contributed by atoms with Crippen LogP contribution in [0, 0.1) is 0 Å². The monoisotopic (exact) mass is 349 g/mol. The van der Waals surface area contributed by atoms with Gasteiger partial charge in [-0.1, -0.05) is 29.8 Å². The highest BCUT2D eigenvalue weighted by Crippen LogP contribution is 2.43. The van der Waals surface area contributed by atoms with Crippen LogP contribution in [0.15, 0.2) is 58.9 Å². The minimum absolute atomic E-state index is 0.486. The minimum Gasteiger partial charge on any atom is -0.307 e. The van der Waals surface area contributed by atoms with Crippen LogP contribution in [0.2, 0.25) is 5.02 Å². The molecule has 0 saturated carbocycles. The molecule has 5 rings (SSSR count). The first-order valence-corrected chi connectivity index (χ1v) is 9.38. The Morgan fingerprint density at radius 3 is 2.92 bits per heavy atom. The van der Waals surface area contributed by atoms with Crippen LogP contribution >= 0.6 is 11.6 Å². The second kappa shape index (κ2) is 6.08. The van der Waals surface area contributed by atoms with Crippen LogP contribution in [0.1, 0.15) is 54.5 Å². The van der Waals surface area contributed by atoms with E-state index in [4.69, 9.17) is 21.6 Å². The van der Waals surface area contributed by atoms with Crippen molar-refractivity contribution < 1.29 is 0 Å². The first-order valence-electron chi connectivity index (χ1n) is 9.00. The summed E-state index contributed by atoms with van der Waals surface area (Å²) in [5.74, 6) is 0.486.